The predicted molar refractivity (Wildman–Crippen MR) is 68.7 cm³/mol. The molecule has 1 aromatic rings. The quantitative estimate of drug-likeness (QED) is 0.856. The normalized spacial score (nSPS) is 25.3. The van der Waals surface area contributed by atoms with E-state index >= 15 is 0 Å². The van der Waals surface area contributed by atoms with Crippen molar-refractivity contribution in [3.8, 4) is 0 Å². The van der Waals surface area contributed by atoms with Gasteiger partial charge in [0.1, 0.15) is 22.4 Å². The molecule has 0 radical (unpaired) electrons. The Morgan fingerprint density at radius 1 is 1.44 bits per heavy atom. The first-order chi connectivity index (χ1) is 7.66. The summed E-state index contributed by atoms with van der Waals surface area (Å²) in [5.41, 5.74) is 5.66. The molecule has 0 aliphatic carbocycles. The zero-order valence-corrected chi connectivity index (χ0v) is 11.1. The van der Waals surface area contributed by atoms with E-state index in [2.05, 4.69) is 31.2 Å². The zero-order chi connectivity index (χ0) is 11.5. The molecule has 0 atom stereocenters. The molecule has 1 saturated heterocycles. The van der Waals surface area contributed by atoms with Crippen LogP contribution in [0.4, 0.5) is 11.6 Å². The third-order valence-electron chi connectivity index (χ3n) is 2.55. The molecule has 1 aliphatic heterocycles. The summed E-state index contributed by atoms with van der Waals surface area (Å²) < 4.78 is 11.9. The third kappa shape index (κ3) is 2.70. The number of hydrogen-bond acceptors (Lipinski definition) is 5. The standard InChI is InChI=1S/C9H13BrN4OS/c10-7-8(11)12-5-13-9(7)14-6-1-3-16(15)4-2-6/h5-6H,1-4H2,(H3,11,12,13,14). The average Bonchev–Trinajstić information content (AvgIpc) is 2.28. The second kappa shape index (κ2) is 5.09. The van der Waals surface area contributed by atoms with Crippen molar-refractivity contribution >= 4 is 38.4 Å². The molecule has 1 aliphatic rings. The molecule has 2 heterocycles. The summed E-state index contributed by atoms with van der Waals surface area (Å²) in [6.45, 7) is 0. The Hall–Kier alpha value is -0.690. The summed E-state index contributed by atoms with van der Waals surface area (Å²) in [5.74, 6) is 2.66. The molecule has 0 amide bonds. The first-order valence-corrected chi connectivity index (χ1v) is 7.32. The van der Waals surface area contributed by atoms with Gasteiger partial charge in [0.25, 0.3) is 0 Å². The van der Waals surface area contributed by atoms with E-state index in [-0.39, 0.29) is 0 Å². The molecule has 1 aromatic heterocycles. The highest BCUT2D eigenvalue weighted by molar-refractivity contribution is 9.10. The van der Waals surface area contributed by atoms with Gasteiger partial charge < -0.3 is 11.1 Å². The summed E-state index contributed by atoms with van der Waals surface area (Å²) in [5, 5.41) is 3.30. The van der Waals surface area contributed by atoms with Gasteiger partial charge in [0.2, 0.25) is 0 Å². The van der Waals surface area contributed by atoms with Crippen LogP contribution >= 0.6 is 15.9 Å². The van der Waals surface area contributed by atoms with Gasteiger partial charge in [-0.2, -0.15) is 0 Å². The van der Waals surface area contributed by atoms with Crippen LogP contribution in [0.3, 0.4) is 0 Å². The van der Waals surface area contributed by atoms with Gasteiger partial charge in [-0.1, -0.05) is 0 Å². The molecule has 1 fully saturated rings. The van der Waals surface area contributed by atoms with Crippen LogP contribution in [0.2, 0.25) is 0 Å². The van der Waals surface area contributed by atoms with Crippen molar-refractivity contribution in [3.05, 3.63) is 10.8 Å². The van der Waals surface area contributed by atoms with Crippen LogP contribution in [0, 0.1) is 0 Å². The van der Waals surface area contributed by atoms with E-state index in [1.807, 2.05) is 0 Å². The van der Waals surface area contributed by atoms with Crippen molar-refractivity contribution in [2.24, 2.45) is 0 Å². The van der Waals surface area contributed by atoms with Gasteiger partial charge in [-0.25, -0.2) is 9.97 Å². The fraction of sp³-hybridized carbons (Fsp3) is 0.556. The van der Waals surface area contributed by atoms with Gasteiger partial charge in [-0.3, -0.25) is 4.21 Å². The molecule has 0 saturated carbocycles. The average molecular weight is 305 g/mol. The van der Waals surface area contributed by atoms with Gasteiger partial charge in [-0.15, -0.1) is 0 Å². The minimum atomic E-state index is -0.638. The highest BCUT2D eigenvalue weighted by atomic mass is 79.9. The molecule has 5 nitrogen and oxygen atoms in total. The second-order valence-electron chi connectivity index (χ2n) is 3.69. The van der Waals surface area contributed by atoms with Crippen molar-refractivity contribution in [2.45, 2.75) is 18.9 Å². The van der Waals surface area contributed by atoms with Crippen molar-refractivity contribution in [3.63, 3.8) is 0 Å². The Morgan fingerprint density at radius 3 is 2.81 bits per heavy atom. The van der Waals surface area contributed by atoms with Crippen LogP contribution in [0.5, 0.6) is 0 Å². The van der Waals surface area contributed by atoms with Crippen molar-refractivity contribution in [1.82, 2.24) is 9.97 Å². The Balaban J connectivity index is 2.04. The highest BCUT2D eigenvalue weighted by Crippen LogP contribution is 2.26. The second-order valence-corrected chi connectivity index (χ2v) is 6.18. The lowest BCUT2D eigenvalue weighted by Gasteiger charge is -2.23. The first-order valence-electron chi connectivity index (χ1n) is 5.04. The van der Waals surface area contributed by atoms with E-state index in [9.17, 15) is 4.21 Å². The Morgan fingerprint density at radius 2 is 2.12 bits per heavy atom. The first kappa shape index (κ1) is 11.8. The maximum Gasteiger partial charge on any atom is 0.146 e. The van der Waals surface area contributed by atoms with E-state index in [4.69, 9.17) is 5.73 Å². The largest absolute Gasteiger partial charge is 0.383 e. The summed E-state index contributed by atoms with van der Waals surface area (Å²) in [4.78, 5) is 8.00. The summed E-state index contributed by atoms with van der Waals surface area (Å²) in [7, 11) is -0.638. The maximum absolute atomic E-state index is 11.2. The summed E-state index contributed by atoms with van der Waals surface area (Å²) >= 11 is 3.35. The lowest BCUT2D eigenvalue weighted by Crippen LogP contribution is -2.29. The third-order valence-corrected chi connectivity index (χ3v) is 4.71. The van der Waals surface area contributed by atoms with Crippen LogP contribution in [0.15, 0.2) is 10.8 Å². The highest BCUT2D eigenvalue weighted by Gasteiger charge is 2.19. The van der Waals surface area contributed by atoms with Crippen LogP contribution in [-0.4, -0.2) is 31.7 Å². The molecule has 2 rings (SSSR count). The number of halogens is 1. The van der Waals surface area contributed by atoms with Crippen LogP contribution in [-0.2, 0) is 10.8 Å². The van der Waals surface area contributed by atoms with Gasteiger partial charge in [-0.05, 0) is 28.8 Å². The van der Waals surface area contributed by atoms with E-state index in [1.54, 1.807) is 0 Å². The Bertz CT molecular complexity index is 404. The number of nitrogens with one attached hydrogen (secondary N) is 1. The fourth-order valence-electron chi connectivity index (χ4n) is 1.62. The molecule has 88 valence electrons. The van der Waals surface area contributed by atoms with Crippen molar-refractivity contribution in [1.29, 1.82) is 0 Å². The number of hydrogen-bond donors (Lipinski definition) is 2. The van der Waals surface area contributed by atoms with Crippen LogP contribution in [0.1, 0.15) is 12.8 Å². The minimum absolute atomic E-state index is 0.322. The molecular formula is C9H13BrN4OS. The molecule has 0 spiro atoms. The van der Waals surface area contributed by atoms with E-state index in [0.29, 0.717) is 22.2 Å². The molecule has 0 bridgehead atoms. The minimum Gasteiger partial charge on any atom is -0.383 e. The summed E-state index contributed by atoms with van der Waals surface area (Å²) in [6.07, 6.45) is 3.25. The Kier molecular flexibility index (Phi) is 3.75. The van der Waals surface area contributed by atoms with Crippen molar-refractivity contribution in [2.75, 3.05) is 22.6 Å². The predicted octanol–water partition coefficient (Wildman–Crippen LogP) is 1.14. The Labute approximate surface area is 105 Å². The number of rotatable bonds is 2. The maximum atomic E-state index is 11.2. The SMILES string of the molecule is Nc1ncnc(NC2CCS(=O)CC2)c1Br. The van der Waals surface area contributed by atoms with Crippen molar-refractivity contribution < 1.29 is 4.21 Å². The van der Waals surface area contributed by atoms with Gasteiger partial charge >= 0.3 is 0 Å². The van der Waals surface area contributed by atoms with Crippen LogP contribution in [0.25, 0.3) is 0 Å². The topological polar surface area (TPSA) is 80.9 Å². The fourth-order valence-corrected chi connectivity index (χ4v) is 3.23. The lowest BCUT2D eigenvalue weighted by atomic mass is 10.1. The number of nitrogens with two attached hydrogens (primary N) is 1. The number of nitrogens with zero attached hydrogens (tertiary/aromatic N) is 2. The molecular weight excluding hydrogens is 292 g/mol. The van der Waals surface area contributed by atoms with E-state index in [0.717, 1.165) is 24.3 Å². The van der Waals surface area contributed by atoms with Crippen LogP contribution < -0.4 is 11.1 Å². The molecule has 3 N–H and O–H groups in total. The van der Waals surface area contributed by atoms with Gasteiger partial charge in [0, 0.05) is 28.3 Å². The smallest absolute Gasteiger partial charge is 0.146 e. The van der Waals surface area contributed by atoms with Gasteiger partial charge in [0.15, 0.2) is 0 Å². The molecule has 7 heteroatoms. The monoisotopic (exact) mass is 304 g/mol. The zero-order valence-electron chi connectivity index (χ0n) is 8.65. The number of nitrogen functional groups attached to an aromatic ring is 1. The number of aromatic nitrogens is 2. The molecule has 0 aromatic carbocycles. The molecule has 16 heavy (non-hydrogen) atoms. The van der Waals surface area contributed by atoms with E-state index in [1.165, 1.54) is 6.33 Å². The van der Waals surface area contributed by atoms with Gasteiger partial charge in [0.05, 0.1) is 0 Å². The number of anilines is 2. The molecule has 0 unspecified atom stereocenters. The van der Waals surface area contributed by atoms with E-state index < -0.39 is 10.8 Å². The lowest BCUT2D eigenvalue weighted by molar-refractivity contribution is 0.622. The summed E-state index contributed by atoms with van der Waals surface area (Å²) in [6, 6.07) is 0.322.